The normalized spacial score (nSPS) is 10.0. The van der Waals surface area contributed by atoms with Gasteiger partial charge in [-0.2, -0.15) is 5.26 Å². The lowest BCUT2D eigenvalue weighted by Gasteiger charge is -2.06. The third-order valence-corrected chi connectivity index (χ3v) is 3.08. The average Bonchev–Trinajstić information content (AvgIpc) is 3.01. The number of aromatic nitrogens is 3. The minimum absolute atomic E-state index is 0.273. The molecule has 2 aromatic heterocycles. The molecule has 8 heteroatoms. The second-order valence-corrected chi connectivity index (χ2v) is 4.85. The van der Waals surface area contributed by atoms with Gasteiger partial charge in [0.2, 0.25) is 5.95 Å². The van der Waals surface area contributed by atoms with Crippen molar-refractivity contribution in [3.63, 3.8) is 0 Å². The van der Waals surface area contributed by atoms with E-state index in [1.807, 2.05) is 0 Å². The Labute approximate surface area is 137 Å². The Morgan fingerprint density at radius 3 is 2.67 bits per heavy atom. The fourth-order valence-corrected chi connectivity index (χ4v) is 1.93. The molecule has 2 heterocycles. The van der Waals surface area contributed by atoms with Crippen molar-refractivity contribution in [2.75, 3.05) is 10.6 Å². The molecule has 0 bridgehead atoms. The maximum Gasteiger partial charge on any atom is 0.260 e. The van der Waals surface area contributed by atoms with Crippen molar-refractivity contribution in [2.24, 2.45) is 0 Å². The predicted octanol–water partition coefficient (Wildman–Crippen LogP) is 2.64. The highest BCUT2D eigenvalue weighted by Crippen LogP contribution is 2.17. The summed E-state index contributed by atoms with van der Waals surface area (Å²) in [5.41, 5.74) is 1.34. The molecule has 3 rings (SSSR count). The summed E-state index contributed by atoms with van der Waals surface area (Å²) in [6, 6.07) is 10.7. The highest BCUT2D eigenvalue weighted by atomic mass is 16.5. The van der Waals surface area contributed by atoms with Crippen molar-refractivity contribution in [2.45, 2.75) is 6.92 Å². The summed E-state index contributed by atoms with van der Waals surface area (Å²) in [5.74, 6) is 0.804. The van der Waals surface area contributed by atoms with Gasteiger partial charge in [0.1, 0.15) is 11.8 Å². The molecule has 0 radical (unpaired) electrons. The minimum atomic E-state index is -0.396. The van der Waals surface area contributed by atoms with E-state index >= 15 is 0 Å². The zero-order chi connectivity index (χ0) is 16.9. The lowest BCUT2D eigenvalue weighted by Crippen LogP contribution is -2.13. The van der Waals surface area contributed by atoms with Crippen molar-refractivity contribution in [3.05, 3.63) is 59.6 Å². The maximum absolute atomic E-state index is 12.1. The summed E-state index contributed by atoms with van der Waals surface area (Å²) in [7, 11) is 0. The van der Waals surface area contributed by atoms with Gasteiger partial charge in [-0.3, -0.25) is 4.79 Å². The first-order valence-electron chi connectivity index (χ1n) is 6.98. The molecule has 24 heavy (non-hydrogen) atoms. The highest BCUT2D eigenvalue weighted by Gasteiger charge is 2.10. The standard InChI is InChI=1S/C16H12N6O2/c1-10-6-14(22-24-10)21-15(23)12-8-18-16(19-9-12)20-13-5-3-2-4-11(13)7-17/h2-6,8-9H,1H3,(H,18,19,20)(H,21,22,23). The van der Waals surface area contributed by atoms with Crippen LogP contribution in [0.3, 0.4) is 0 Å². The number of anilines is 3. The summed E-state index contributed by atoms with van der Waals surface area (Å²) >= 11 is 0. The molecule has 0 saturated heterocycles. The van der Waals surface area contributed by atoms with Gasteiger partial charge in [-0.25, -0.2) is 9.97 Å². The zero-order valence-electron chi connectivity index (χ0n) is 12.6. The van der Waals surface area contributed by atoms with Gasteiger partial charge in [-0.15, -0.1) is 0 Å². The fourth-order valence-electron chi connectivity index (χ4n) is 1.93. The number of nitriles is 1. The van der Waals surface area contributed by atoms with Gasteiger partial charge in [0.15, 0.2) is 5.82 Å². The van der Waals surface area contributed by atoms with Crippen molar-refractivity contribution in [3.8, 4) is 6.07 Å². The topological polar surface area (TPSA) is 117 Å². The number of benzene rings is 1. The highest BCUT2D eigenvalue weighted by molar-refractivity contribution is 6.03. The van der Waals surface area contributed by atoms with E-state index in [0.717, 1.165) is 0 Å². The molecule has 8 nitrogen and oxygen atoms in total. The first-order chi connectivity index (χ1) is 11.7. The van der Waals surface area contributed by atoms with Gasteiger partial charge in [-0.05, 0) is 19.1 Å². The number of para-hydroxylation sites is 1. The van der Waals surface area contributed by atoms with E-state index in [1.54, 1.807) is 37.3 Å². The second kappa shape index (κ2) is 6.58. The molecule has 0 unspecified atom stereocenters. The number of aryl methyl sites for hydroxylation is 1. The predicted molar refractivity (Wildman–Crippen MR) is 85.7 cm³/mol. The Bertz CT molecular complexity index is 911. The van der Waals surface area contributed by atoms with Gasteiger partial charge in [-0.1, -0.05) is 17.3 Å². The number of carbonyl (C=O) groups excluding carboxylic acids is 1. The molecule has 3 aromatic rings. The number of hydrogen-bond donors (Lipinski definition) is 2. The van der Waals surface area contributed by atoms with Gasteiger partial charge in [0.05, 0.1) is 16.8 Å². The van der Waals surface area contributed by atoms with Gasteiger partial charge >= 0.3 is 0 Å². The first kappa shape index (κ1) is 15.2. The molecular formula is C16H12N6O2. The van der Waals surface area contributed by atoms with E-state index in [1.165, 1.54) is 12.4 Å². The van der Waals surface area contributed by atoms with Crippen LogP contribution >= 0.6 is 0 Å². The minimum Gasteiger partial charge on any atom is -0.360 e. The van der Waals surface area contributed by atoms with Crippen LogP contribution in [0.4, 0.5) is 17.5 Å². The van der Waals surface area contributed by atoms with Crippen LogP contribution in [0.25, 0.3) is 0 Å². The molecule has 1 amide bonds. The Kier molecular flexibility index (Phi) is 4.16. The summed E-state index contributed by atoms with van der Waals surface area (Å²) in [4.78, 5) is 20.2. The summed E-state index contributed by atoms with van der Waals surface area (Å²) in [5, 5.41) is 18.3. The second-order valence-electron chi connectivity index (χ2n) is 4.85. The quantitative estimate of drug-likeness (QED) is 0.758. The Morgan fingerprint density at radius 2 is 2.00 bits per heavy atom. The molecule has 118 valence electrons. The van der Waals surface area contributed by atoms with Gasteiger partial charge in [0.25, 0.3) is 5.91 Å². The van der Waals surface area contributed by atoms with Gasteiger partial charge in [0, 0.05) is 18.5 Å². The van der Waals surface area contributed by atoms with Gasteiger partial charge < -0.3 is 15.2 Å². The number of nitrogens with zero attached hydrogens (tertiary/aromatic N) is 4. The summed E-state index contributed by atoms with van der Waals surface area (Å²) in [6.45, 7) is 1.73. The largest absolute Gasteiger partial charge is 0.360 e. The lowest BCUT2D eigenvalue weighted by molar-refractivity contribution is 0.102. The summed E-state index contributed by atoms with van der Waals surface area (Å²) < 4.78 is 4.88. The molecule has 0 aliphatic heterocycles. The van der Waals surface area contributed by atoms with Crippen LogP contribution in [0.2, 0.25) is 0 Å². The van der Waals surface area contributed by atoms with E-state index in [4.69, 9.17) is 9.78 Å². The molecule has 0 spiro atoms. The number of amides is 1. The van der Waals surface area contributed by atoms with E-state index < -0.39 is 5.91 Å². The SMILES string of the molecule is Cc1cc(NC(=O)c2cnc(Nc3ccccc3C#N)nc2)no1. The smallest absolute Gasteiger partial charge is 0.260 e. The Morgan fingerprint density at radius 1 is 1.25 bits per heavy atom. The van der Waals surface area contributed by atoms with Crippen LogP contribution in [0.15, 0.2) is 47.2 Å². The monoisotopic (exact) mass is 320 g/mol. The van der Waals surface area contributed by atoms with Crippen molar-refractivity contribution in [1.29, 1.82) is 5.26 Å². The molecule has 0 saturated carbocycles. The molecule has 1 aromatic carbocycles. The molecule has 2 N–H and O–H groups in total. The van der Waals surface area contributed by atoms with E-state index in [2.05, 4.69) is 31.8 Å². The first-order valence-corrected chi connectivity index (χ1v) is 6.98. The number of hydrogen-bond acceptors (Lipinski definition) is 7. The lowest BCUT2D eigenvalue weighted by atomic mass is 10.2. The van der Waals surface area contributed by atoms with Crippen molar-refractivity contribution in [1.82, 2.24) is 15.1 Å². The Balaban J connectivity index is 1.71. The third kappa shape index (κ3) is 3.36. The van der Waals surface area contributed by atoms with Crippen LogP contribution in [0.5, 0.6) is 0 Å². The Hall–Kier alpha value is -3.73. The third-order valence-electron chi connectivity index (χ3n) is 3.08. The molecule has 0 atom stereocenters. The number of carbonyl (C=O) groups is 1. The molecular weight excluding hydrogens is 308 g/mol. The van der Waals surface area contributed by atoms with Crippen LogP contribution in [-0.2, 0) is 0 Å². The van der Waals surface area contributed by atoms with E-state index in [-0.39, 0.29) is 11.5 Å². The molecule has 0 aliphatic carbocycles. The fraction of sp³-hybridized carbons (Fsp3) is 0.0625. The number of nitrogens with one attached hydrogen (secondary N) is 2. The summed E-state index contributed by atoms with van der Waals surface area (Å²) in [6.07, 6.45) is 2.76. The van der Waals surface area contributed by atoms with Crippen molar-refractivity contribution < 1.29 is 9.32 Å². The molecule has 0 fully saturated rings. The van der Waals surface area contributed by atoms with Crippen molar-refractivity contribution >= 4 is 23.4 Å². The number of rotatable bonds is 4. The van der Waals surface area contributed by atoms with E-state index in [9.17, 15) is 4.79 Å². The van der Waals surface area contributed by atoms with Crippen LogP contribution in [0, 0.1) is 18.3 Å². The van der Waals surface area contributed by atoms with E-state index in [0.29, 0.717) is 22.8 Å². The molecule has 0 aliphatic rings. The van der Waals surface area contributed by atoms with Crippen LogP contribution in [-0.4, -0.2) is 21.0 Å². The average molecular weight is 320 g/mol. The zero-order valence-corrected chi connectivity index (χ0v) is 12.6. The van der Waals surface area contributed by atoms with Crippen LogP contribution in [0.1, 0.15) is 21.7 Å². The maximum atomic E-state index is 12.1. The van der Waals surface area contributed by atoms with Crippen LogP contribution < -0.4 is 10.6 Å².